The van der Waals surface area contributed by atoms with Crippen LogP contribution in [0.5, 0.6) is 0 Å². The largest absolute Gasteiger partial charge is 0.297 e. The van der Waals surface area contributed by atoms with Crippen molar-refractivity contribution in [2.45, 2.75) is 72.4 Å². The Kier molecular flexibility index (Phi) is 8.01. The first kappa shape index (κ1) is 16.9. The second-order valence-corrected chi connectivity index (χ2v) is 5.87. The molecule has 0 heterocycles. The van der Waals surface area contributed by atoms with Crippen LogP contribution in [0, 0.1) is 5.92 Å². The molecule has 0 fully saturated rings. The highest BCUT2D eigenvalue weighted by Crippen LogP contribution is 2.23. The lowest BCUT2D eigenvalue weighted by Crippen LogP contribution is -2.59. The number of hydrogen-bond donors (Lipinski definition) is 2. The molecule has 0 amide bonds. The highest BCUT2D eigenvalue weighted by atomic mass is 15.3. The average molecular weight is 243 g/mol. The van der Waals surface area contributed by atoms with Crippen molar-refractivity contribution in [3.8, 4) is 0 Å². The molecule has 0 spiro atoms. The third-order valence-electron chi connectivity index (χ3n) is 3.91. The van der Waals surface area contributed by atoms with Crippen LogP contribution in [-0.2, 0) is 0 Å². The molecule has 0 radical (unpaired) electrons. The van der Waals surface area contributed by atoms with Crippen molar-refractivity contribution in [1.82, 2.24) is 10.3 Å². The van der Waals surface area contributed by atoms with Crippen LogP contribution in [0.25, 0.3) is 0 Å². The van der Waals surface area contributed by atoms with E-state index in [1.54, 1.807) is 0 Å². The van der Waals surface area contributed by atoms with Gasteiger partial charge in [-0.1, -0.05) is 40.5 Å². The summed E-state index contributed by atoms with van der Waals surface area (Å²) in [6.07, 6.45) is 3.68. The van der Waals surface area contributed by atoms with Gasteiger partial charge in [0, 0.05) is 11.6 Å². The standard InChI is InChI=1S/C14H33N3/c1-7-17(8-2)14(5,6)13(16-15)11-9-10-12(3)4/h12-13,16H,7-11,15H2,1-6H3. The van der Waals surface area contributed by atoms with E-state index < -0.39 is 0 Å². The summed E-state index contributed by atoms with van der Waals surface area (Å²) >= 11 is 0. The third-order valence-corrected chi connectivity index (χ3v) is 3.91. The van der Waals surface area contributed by atoms with Crippen LogP contribution in [0.3, 0.4) is 0 Å². The van der Waals surface area contributed by atoms with Gasteiger partial charge in [0.2, 0.25) is 0 Å². The Morgan fingerprint density at radius 3 is 2.00 bits per heavy atom. The summed E-state index contributed by atoms with van der Waals surface area (Å²) in [4.78, 5) is 2.48. The third kappa shape index (κ3) is 5.36. The first-order valence-corrected chi connectivity index (χ1v) is 7.11. The van der Waals surface area contributed by atoms with E-state index in [-0.39, 0.29) is 5.54 Å². The quantitative estimate of drug-likeness (QED) is 0.483. The number of hydrogen-bond acceptors (Lipinski definition) is 3. The van der Waals surface area contributed by atoms with E-state index in [0.717, 1.165) is 25.4 Å². The number of likely N-dealkylation sites (N-methyl/N-ethyl adjacent to an activating group) is 1. The molecule has 0 aromatic carbocycles. The molecule has 17 heavy (non-hydrogen) atoms. The highest BCUT2D eigenvalue weighted by Gasteiger charge is 2.32. The zero-order valence-electron chi connectivity index (χ0n) is 12.7. The molecule has 0 rings (SSSR count). The summed E-state index contributed by atoms with van der Waals surface area (Å²) in [7, 11) is 0. The number of hydrazine groups is 1. The van der Waals surface area contributed by atoms with Gasteiger partial charge in [-0.3, -0.25) is 16.2 Å². The van der Waals surface area contributed by atoms with Crippen LogP contribution in [0.2, 0.25) is 0 Å². The number of nitrogens with one attached hydrogen (secondary N) is 1. The van der Waals surface area contributed by atoms with Crippen LogP contribution < -0.4 is 11.3 Å². The normalized spacial score (nSPS) is 14.6. The Bertz CT molecular complexity index is 186. The summed E-state index contributed by atoms with van der Waals surface area (Å²) in [6, 6.07) is 0.362. The fraction of sp³-hybridized carbons (Fsp3) is 1.00. The van der Waals surface area contributed by atoms with Gasteiger partial charge < -0.3 is 0 Å². The smallest absolute Gasteiger partial charge is 0.0389 e. The predicted molar refractivity (Wildman–Crippen MR) is 76.8 cm³/mol. The summed E-state index contributed by atoms with van der Waals surface area (Å²) in [6.45, 7) is 15.7. The van der Waals surface area contributed by atoms with Crippen molar-refractivity contribution < 1.29 is 0 Å². The Morgan fingerprint density at radius 1 is 1.12 bits per heavy atom. The van der Waals surface area contributed by atoms with Crippen molar-refractivity contribution in [3.63, 3.8) is 0 Å². The summed E-state index contributed by atoms with van der Waals surface area (Å²) in [5.41, 5.74) is 3.14. The summed E-state index contributed by atoms with van der Waals surface area (Å²) in [5, 5.41) is 0. The van der Waals surface area contributed by atoms with Crippen molar-refractivity contribution >= 4 is 0 Å². The maximum Gasteiger partial charge on any atom is 0.0389 e. The van der Waals surface area contributed by atoms with Gasteiger partial charge in [0.05, 0.1) is 0 Å². The van der Waals surface area contributed by atoms with Crippen molar-refractivity contribution in [2.24, 2.45) is 11.8 Å². The first-order chi connectivity index (χ1) is 7.89. The van der Waals surface area contributed by atoms with Gasteiger partial charge in [0.1, 0.15) is 0 Å². The molecule has 0 aliphatic carbocycles. The van der Waals surface area contributed by atoms with E-state index >= 15 is 0 Å². The van der Waals surface area contributed by atoms with Gasteiger partial charge in [-0.2, -0.15) is 0 Å². The van der Waals surface area contributed by atoms with Crippen molar-refractivity contribution in [3.05, 3.63) is 0 Å². The van der Waals surface area contributed by atoms with E-state index in [4.69, 9.17) is 5.84 Å². The van der Waals surface area contributed by atoms with Crippen LogP contribution in [0.4, 0.5) is 0 Å². The lowest BCUT2D eigenvalue weighted by atomic mass is 9.88. The summed E-state index contributed by atoms with van der Waals surface area (Å²) < 4.78 is 0. The van der Waals surface area contributed by atoms with Crippen LogP contribution in [0.15, 0.2) is 0 Å². The lowest BCUT2D eigenvalue weighted by molar-refractivity contribution is 0.0860. The van der Waals surface area contributed by atoms with Crippen LogP contribution >= 0.6 is 0 Å². The Labute approximate surface area is 108 Å². The van der Waals surface area contributed by atoms with Gasteiger partial charge in [0.15, 0.2) is 0 Å². The Hall–Kier alpha value is -0.120. The molecule has 1 atom stereocenters. The van der Waals surface area contributed by atoms with Crippen molar-refractivity contribution in [1.29, 1.82) is 0 Å². The van der Waals surface area contributed by atoms with E-state index in [1.807, 2.05) is 0 Å². The minimum atomic E-state index is 0.120. The average Bonchev–Trinajstić information content (AvgIpc) is 2.25. The molecule has 1 unspecified atom stereocenters. The van der Waals surface area contributed by atoms with Gasteiger partial charge in [0.25, 0.3) is 0 Å². The highest BCUT2D eigenvalue weighted by molar-refractivity contribution is 4.91. The Balaban J connectivity index is 4.40. The molecule has 0 aromatic heterocycles. The zero-order valence-corrected chi connectivity index (χ0v) is 12.7. The molecule has 0 aliphatic heterocycles. The maximum absolute atomic E-state index is 5.75. The fourth-order valence-electron chi connectivity index (χ4n) is 2.63. The van der Waals surface area contributed by atoms with Crippen molar-refractivity contribution in [2.75, 3.05) is 13.1 Å². The minimum absolute atomic E-state index is 0.120. The SMILES string of the molecule is CCN(CC)C(C)(C)C(CCCC(C)C)NN. The van der Waals surface area contributed by atoms with Crippen LogP contribution in [-0.4, -0.2) is 29.6 Å². The molecular weight excluding hydrogens is 210 g/mol. The molecular formula is C14H33N3. The minimum Gasteiger partial charge on any atom is -0.297 e. The first-order valence-electron chi connectivity index (χ1n) is 7.11. The van der Waals surface area contributed by atoms with Crippen LogP contribution in [0.1, 0.15) is 60.8 Å². The van der Waals surface area contributed by atoms with E-state index in [9.17, 15) is 0 Å². The summed E-state index contributed by atoms with van der Waals surface area (Å²) in [5.74, 6) is 6.53. The van der Waals surface area contributed by atoms with E-state index in [0.29, 0.717) is 6.04 Å². The molecule has 3 N–H and O–H groups in total. The van der Waals surface area contributed by atoms with E-state index in [1.165, 1.54) is 12.8 Å². The molecule has 0 aromatic rings. The zero-order chi connectivity index (χ0) is 13.5. The molecule has 0 saturated heterocycles. The van der Waals surface area contributed by atoms with Gasteiger partial charge in [-0.05, 0) is 39.3 Å². The second-order valence-electron chi connectivity index (χ2n) is 5.87. The predicted octanol–water partition coefficient (Wildman–Crippen LogP) is 2.76. The Morgan fingerprint density at radius 2 is 1.65 bits per heavy atom. The molecule has 0 bridgehead atoms. The molecule has 3 heteroatoms. The molecule has 3 nitrogen and oxygen atoms in total. The molecule has 104 valence electrons. The lowest BCUT2D eigenvalue weighted by Gasteiger charge is -2.43. The monoisotopic (exact) mass is 243 g/mol. The molecule has 0 aliphatic rings. The fourth-order valence-corrected chi connectivity index (χ4v) is 2.63. The number of nitrogens with two attached hydrogens (primary N) is 1. The van der Waals surface area contributed by atoms with Gasteiger partial charge in [-0.25, -0.2) is 0 Å². The number of rotatable bonds is 9. The second kappa shape index (κ2) is 8.06. The van der Waals surface area contributed by atoms with Gasteiger partial charge in [-0.15, -0.1) is 0 Å². The number of nitrogens with zero attached hydrogens (tertiary/aromatic N) is 1. The van der Waals surface area contributed by atoms with Gasteiger partial charge >= 0.3 is 0 Å². The maximum atomic E-state index is 5.75. The van der Waals surface area contributed by atoms with E-state index in [2.05, 4.69) is 51.9 Å². The topological polar surface area (TPSA) is 41.3 Å². The molecule has 0 saturated carbocycles.